The Balaban J connectivity index is 3.03. The highest BCUT2D eigenvalue weighted by Gasteiger charge is 2.19. The van der Waals surface area contributed by atoms with E-state index >= 15 is 0 Å². The van der Waals surface area contributed by atoms with Crippen LogP contribution in [0, 0.1) is 6.92 Å². The van der Waals surface area contributed by atoms with Gasteiger partial charge in [-0.2, -0.15) is 0 Å². The van der Waals surface area contributed by atoms with Crippen molar-refractivity contribution in [3.05, 3.63) is 29.6 Å². The lowest BCUT2D eigenvalue weighted by molar-refractivity contribution is 0.218. The van der Waals surface area contributed by atoms with Crippen LogP contribution in [-0.2, 0) is 5.41 Å². The van der Waals surface area contributed by atoms with Gasteiger partial charge in [-0.3, -0.25) is 4.98 Å². The van der Waals surface area contributed by atoms with Gasteiger partial charge in [0, 0.05) is 17.8 Å². The van der Waals surface area contributed by atoms with Gasteiger partial charge in [-0.1, -0.05) is 19.9 Å². The zero-order valence-corrected chi connectivity index (χ0v) is 7.83. The summed E-state index contributed by atoms with van der Waals surface area (Å²) >= 11 is 0. The highest BCUT2D eigenvalue weighted by molar-refractivity contribution is 5.24. The zero-order valence-electron chi connectivity index (χ0n) is 7.83. The number of hydrogen-bond acceptors (Lipinski definition) is 2. The van der Waals surface area contributed by atoms with Gasteiger partial charge in [0.1, 0.15) is 0 Å². The Morgan fingerprint density at radius 3 is 2.58 bits per heavy atom. The summed E-state index contributed by atoms with van der Waals surface area (Å²) in [7, 11) is 0. The second-order valence-corrected chi connectivity index (χ2v) is 3.79. The van der Waals surface area contributed by atoms with Crippen LogP contribution in [0.3, 0.4) is 0 Å². The molecule has 1 heterocycles. The third kappa shape index (κ3) is 1.83. The number of pyridine rings is 1. The van der Waals surface area contributed by atoms with E-state index in [-0.39, 0.29) is 12.0 Å². The summed E-state index contributed by atoms with van der Waals surface area (Å²) in [6.07, 6.45) is 3.63. The van der Waals surface area contributed by atoms with Crippen LogP contribution < -0.4 is 0 Å². The monoisotopic (exact) mass is 165 g/mol. The summed E-state index contributed by atoms with van der Waals surface area (Å²) in [6, 6.07) is 2.06. The van der Waals surface area contributed by atoms with Crippen molar-refractivity contribution in [2.24, 2.45) is 0 Å². The third-order valence-electron chi connectivity index (χ3n) is 2.05. The average Bonchev–Trinajstić information content (AvgIpc) is 2.05. The number of aryl methyl sites for hydroxylation is 1. The molecule has 0 aliphatic carbocycles. The molecule has 2 heteroatoms. The van der Waals surface area contributed by atoms with Crippen molar-refractivity contribution in [3.63, 3.8) is 0 Å². The maximum absolute atomic E-state index is 9.11. The molecule has 0 fully saturated rings. The molecule has 1 aromatic heterocycles. The largest absolute Gasteiger partial charge is 0.395 e. The van der Waals surface area contributed by atoms with Crippen LogP contribution in [0.2, 0.25) is 0 Å². The first-order valence-electron chi connectivity index (χ1n) is 4.09. The number of aliphatic hydroxyl groups excluding tert-OH is 1. The summed E-state index contributed by atoms with van der Waals surface area (Å²) < 4.78 is 0. The van der Waals surface area contributed by atoms with E-state index in [0.29, 0.717) is 0 Å². The Bertz CT molecular complexity index is 268. The molecule has 1 N–H and O–H groups in total. The molecular weight excluding hydrogens is 150 g/mol. The van der Waals surface area contributed by atoms with Crippen molar-refractivity contribution in [2.75, 3.05) is 6.61 Å². The first-order valence-corrected chi connectivity index (χ1v) is 4.09. The van der Waals surface area contributed by atoms with E-state index in [1.807, 2.05) is 33.2 Å². The molecule has 0 saturated carbocycles. The minimum atomic E-state index is -0.182. The van der Waals surface area contributed by atoms with Crippen LogP contribution in [0.25, 0.3) is 0 Å². The van der Waals surface area contributed by atoms with Gasteiger partial charge in [0.2, 0.25) is 0 Å². The second kappa shape index (κ2) is 3.23. The molecule has 0 aliphatic heterocycles. The van der Waals surface area contributed by atoms with Gasteiger partial charge >= 0.3 is 0 Å². The molecule has 0 radical (unpaired) electrons. The van der Waals surface area contributed by atoms with Crippen molar-refractivity contribution in [1.29, 1.82) is 0 Å². The van der Waals surface area contributed by atoms with E-state index in [0.717, 1.165) is 11.1 Å². The molecule has 0 aromatic carbocycles. The Morgan fingerprint density at radius 1 is 1.42 bits per heavy atom. The van der Waals surface area contributed by atoms with Crippen LogP contribution >= 0.6 is 0 Å². The number of rotatable bonds is 2. The normalized spacial score (nSPS) is 11.7. The lowest BCUT2D eigenvalue weighted by atomic mass is 9.86. The van der Waals surface area contributed by atoms with Gasteiger partial charge in [0.15, 0.2) is 0 Å². The van der Waals surface area contributed by atoms with Crippen LogP contribution in [0.5, 0.6) is 0 Å². The van der Waals surface area contributed by atoms with E-state index in [1.165, 1.54) is 0 Å². The molecule has 12 heavy (non-hydrogen) atoms. The van der Waals surface area contributed by atoms with Crippen molar-refractivity contribution >= 4 is 0 Å². The molecule has 0 spiro atoms. The molecule has 66 valence electrons. The lowest BCUT2D eigenvalue weighted by Crippen LogP contribution is -2.22. The number of hydrogen-bond donors (Lipinski definition) is 1. The molecule has 0 aliphatic rings. The Labute approximate surface area is 73.3 Å². The maximum Gasteiger partial charge on any atom is 0.0523 e. The van der Waals surface area contributed by atoms with Gasteiger partial charge in [0.05, 0.1) is 6.61 Å². The number of aliphatic hydroxyl groups is 1. The van der Waals surface area contributed by atoms with E-state index in [9.17, 15) is 0 Å². The predicted octanol–water partition coefficient (Wildman–Crippen LogP) is 1.66. The molecule has 0 bridgehead atoms. The summed E-state index contributed by atoms with van der Waals surface area (Å²) in [5.41, 5.74) is 2.04. The van der Waals surface area contributed by atoms with E-state index in [1.54, 1.807) is 0 Å². The average molecular weight is 165 g/mol. The minimum absolute atomic E-state index is 0.151. The van der Waals surface area contributed by atoms with E-state index in [2.05, 4.69) is 11.1 Å². The molecule has 0 unspecified atom stereocenters. The highest BCUT2D eigenvalue weighted by Crippen LogP contribution is 2.21. The van der Waals surface area contributed by atoms with E-state index < -0.39 is 0 Å². The molecular formula is C10H15NO. The van der Waals surface area contributed by atoms with Crippen molar-refractivity contribution < 1.29 is 5.11 Å². The first-order chi connectivity index (χ1) is 5.56. The maximum atomic E-state index is 9.11. The smallest absolute Gasteiger partial charge is 0.0523 e. The third-order valence-corrected chi connectivity index (χ3v) is 2.05. The molecule has 0 amide bonds. The molecule has 2 nitrogen and oxygen atoms in total. The zero-order chi connectivity index (χ0) is 9.19. The van der Waals surface area contributed by atoms with Gasteiger partial charge in [-0.15, -0.1) is 0 Å². The Morgan fingerprint density at radius 2 is 2.08 bits per heavy atom. The van der Waals surface area contributed by atoms with E-state index in [4.69, 9.17) is 5.11 Å². The predicted molar refractivity (Wildman–Crippen MR) is 49.1 cm³/mol. The SMILES string of the molecule is Cc1cncc(C(C)(C)CO)c1. The minimum Gasteiger partial charge on any atom is -0.395 e. The fourth-order valence-electron chi connectivity index (χ4n) is 1.02. The summed E-state index contributed by atoms with van der Waals surface area (Å²) in [5, 5.41) is 9.11. The molecule has 0 saturated heterocycles. The van der Waals surface area contributed by atoms with Gasteiger partial charge < -0.3 is 5.11 Å². The molecule has 1 rings (SSSR count). The fourth-order valence-corrected chi connectivity index (χ4v) is 1.02. The Kier molecular flexibility index (Phi) is 2.48. The standard InChI is InChI=1S/C10H15NO/c1-8-4-9(6-11-5-8)10(2,3)7-12/h4-6,12H,7H2,1-3H3. The van der Waals surface area contributed by atoms with Crippen LogP contribution in [-0.4, -0.2) is 16.7 Å². The number of aromatic nitrogens is 1. The lowest BCUT2D eigenvalue weighted by Gasteiger charge is -2.21. The number of nitrogens with zero attached hydrogens (tertiary/aromatic N) is 1. The topological polar surface area (TPSA) is 33.1 Å². The van der Waals surface area contributed by atoms with Crippen LogP contribution in [0.15, 0.2) is 18.5 Å². The fraction of sp³-hybridized carbons (Fsp3) is 0.500. The van der Waals surface area contributed by atoms with Crippen molar-refractivity contribution in [3.8, 4) is 0 Å². The molecule has 1 aromatic rings. The van der Waals surface area contributed by atoms with Crippen molar-refractivity contribution in [2.45, 2.75) is 26.2 Å². The Hall–Kier alpha value is -0.890. The first kappa shape index (κ1) is 9.20. The summed E-state index contributed by atoms with van der Waals surface area (Å²) in [6.45, 7) is 6.16. The summed E-state index contributed by atoms with van der Waals surface area (Å²) in [5.74, 6) is 0. The van der Waals surface area contributed by atoms with Crippen molar-refractivity contribution in [1.82, 2.24) is 4.98 Å². The summed E-state index contributed by atoms with van der Waals surface area (Å²) in [4.78, 5) is 4.09. The highest BCUT2D eigenvalue weighted by atomic mass is 16.3. The molecule has 0 atom stereocenters. The van der Waals surface area contributed by atoms with Crippen LogP contribution in [0.4, 0.5) is 0 Å². The quantitative estimate of drug-likeness (QED) is 0.723. The van der Waals surface area contributed by atoms with Crippen LogP contribution in [0.1, 0.15) is 25.0 Å². The van der Waals surface area contributed by atoms with Gasteiger partial charge in [-0.25, -0.2) is 0 Å². The second-order valence-electron chi connectivity index (χ2n) is 3.79. The van der Waals surface area contributed by atoms with Gasteiger partial charge in [-0.05, 0) is 18.1 Å². The van der Waals surface area contributed by atoms with Gasteiger partial charge in [0.25, 0.3) is 0 Å².